The van der Waals surface area contributed by atoms with Gasteiger partial charge in [0.05, 0.1) is 18.4 Å². The van der Waals surface area contributed by atoms with Crippen molar-refractivity contribution >= 4 is 21.7 Å². The minimum absolute atomic E-state index is 0.00152. The Hall–Kier alpha value is -2.61. The van der Waals surface area contributed by atoms with Crippen LogP contribution in [0, 0.1) is 0 Å². The van der Waals surface area contributed by atoms with Gasteiger partial charge in [0.1, 0.15) is 5.69 Å². The summed E-state index contributed by atoms with van der Waals surface area (Å²) in [6, 6.07) is 9.78. The SMILES string of the molecule is COc1ncc(C(=O)O)cc1NS(=O)(=O)Cc1ccccc1. The topological polar surface area (TPSA) is 106 Å². The van der Waals surface area contributed by atoms with E-state index in [1.807, 2.05) is 0 Å². The second-order valence-corrected chi connectivity index (χ2v) is 6.16. The molecule has 2 N–H and O–H groups in total. The summed E-state index contributed by atoms with van der Waals surface area (Å²) < 4.78 is 31.6. The van der Waals surface area contributed by atoms with Crippen LogP contribution in [-0.4, -0.2) is 31.6 Å². The molecule has 8 heteroatoms. The van der Waals surface area contributed by atoms with Crippen LogP contribution in [0.25, 0.3) is 0 Å². The molecule has 1 aromatic heterocycles. The molecule has 1 heterocycles. The molecule has 0 aliphatic rings. The van der Waals surface area contributed by atoms with Crippen molar-refractivity contribution in [2.75, 3.05) is 11.8 Å². The molecule has 0 saturated carbocycles. The van der Waals surface area contributed by atoms with Gasteiger partial charge in [0.2, 0.25) is 15.9 Å². The molecule has 22 heavy (non-hydrogen) atoms. The van der Waals surface area contributed by atoms with Crippen LogP contribution in [-0.2, 0) is 15.8 Å². The Kier molecular flexibility index (Phi) is 4.62. The molecule has 0 saturated heterocycles. The largest absolute Gasteiger partial charge is 0.480 e. The Morgan fingerprint density at radius 2 is 2.00 bits per heavy atom. The van der Waals surface area contributed by atoms with E-state index in [1.54, 1.807) is 30.3 Å². The predicted molar refractivity (Wildman–Crippen MR) is 80.4 cm³/mol. The van der Waals surface area contributed by atoms with Crippen LogP contribution < -0.4 is 9.46 Å². The van der Waals surface area contributed by atoms with Gasteiger partial charge in [-0.2, -0.15) is 0 Å². The number of hydrogen-bond donors (Lipinski definition) is 2. The number of aromatic nitrogens is 1. The molecule has 0 radical (unpaired) electrons. The fraction of sp³-hybridized carbons (Fsp3) is 0.143. The number of rotatable bonds is 6. The van der Waals surface area contributed by atoms with Gasteiger partial charge < -0.3 is 9.84 Å². The molecular weight excluding hydrogens is 308 g/mol. The summed E-state index contributed by atoms with van der Waals surface area (Å²) in [6.45, 7) is 0. The van der Waals surface area contributed by atoms with Crippen molar-refractivity contribution < 1.29 is 23.1 Å². The zero-order chi connectivity index (χ0) is 16.2. The molecule has 7 nitrogen and oxygen atoms in total. The Labute approximate surface area is 127 Å². The van der Waals surface area contributed by atoms with E-state index in [4.69, 9.17) is 9.84 Å². The van der Waals surface area contributed by atoms with Crippen LogP contribution >= 0.6 is 0 Å². The van der Waals surface area contributed by atoms with E-state index in [1.165, 1.54) is 7.11 Å². The van der Waals surface area contributed by atoms with E-state index >= 15 is 0 Å². The third-order valence-electron chi connectivity index (χ3n) is 2.76. The lowest BCUT2D eigenvalue weighted by atomic mass is 10.2. The predicted octanol–water partition coefficient (Wildman–Crippen LogP) is 1.73. The molecule has 0 amide bonds. The Morgan fingerprint density at radius 1 is 1.32 bits per heavy atom. The molecule has 0 bridgehead atoms. The maximum atomic E-state index is 12.2. The number of nitrogens with one attached hydrogen (secondary N) is 1. The fourth-order valence-corrected chi connectivity index (χ4v) is 2.99. The number of ether oxygens (including phenoxy) is 1. The second-order valence-electron chi connectivity index (χ2n) is 4.43. The summed E-state index contributed by atoms with van der Waals surface area (Å²) in [4.78, 5) is 14.7. The number of carboxylic acid groups (broad SMARTS) is 1. The lowest BCUT2D eigenvalue weighted by molar-refractivity contribution is 0.0696. The maximum absolute atomic E-state index is 12.2. The van der Waals surface area contributed by atoms with Gasteiger partial charge in [-0.1, -0.05) is 30.3 Å². The normalized spacial score (nSPS) is 11.0. The minimum atomic E-state index is -3.73. The van der Waals surface area contributed by atoms with Crippen LogP contribution in [0.5, 0.6) is 5.88 Å². The maximum Gasteiger partial charge on any atom is 0.337 e. The number of carboxylic acids is 1. The van der Waals surface area contributed by atoms with E-state index in [0.29, 0.717) is 5.56 Å². The summed E-state index contributed by atoms with van der Waals surface area (Å²) in [5.41, 5.74) is 0.452. The van der Waals surface area contributed by atoms with Gasteiger partial charge >= 0.3 is 5.97 Å². The molecule has 0 unspecified atom stereocenters. The third kappa shape index (κ3) is 3.95. The number of aromatic carboxylic acids is 1. The minimum Gasteiger partial charge on any atom is -0.480 e. The number of benzene rings is 1. The van der Waals surface area contributed by atoms with Crippen molar-refractivity contribution in [3.05, 3.63) is 53.7 Å². The first-order chi connectivity index (χ1) is 10.4. The quantitative estimate of drug-likeness (QED) is 0.839. The van der Waals surface area contributed by atoms with Crippen molar-refractivity contribution in [2.24, 2.45) is 0 Å². The first kappa shape index (κ1) is 15.8. The number of nitrogens with zero attached hydrogens (tertiary/aromatic N) is 1. The van der Waals surface area contributed by atoms with E-state index in [0.717, 1.165) is 12.3 Å². The first-order valence-electron chi connectivity index (χ1n) is 6.23. The van der Waals surface area contributed by atoms with Gasteiger partial charge in [0.25, 0.3) is 0 Å². The van der Waals surface area contributed by atoms with Crippen molar-refractivity contribution in [3.8, 4) is 5.88 Å². The molecule has 0 spiro atoms. The smallest absolute Gasteiger partial charge is 0.337 e. The second kappa shape index (κ2) is 6.44. The van der Waals surface area contributed by atoms with Crippen molar-refractivity contribution in [1.29, 1.82) is 0 Å². The Bertz CT molecular complexity index is 775. The molecule has 0 aliphatic heterocycles. The molecule has 116 valence electrons. The van der Waals surface area contributed by atoms with Crippen LogP contribution in [0.4, 0.5) is 5.69 Å². The fourth-order valence-electron chi connectivity index (χ4n) is 1.80. The van der Waals surface area contributed by atoms with Crippen LogP contribution in [0.1, 0.15) is 15.9 Å². The number of methoxy groups -OCH3 is 1. The van der Waals surface area contributed by atoms with Crippen molar-refractivity contribution in [1.82, 2.24) is 4.98 Å². The molecule has 2 rings (SSSR count). The van der Waals surface area contributed by atoms with E-state index in [2.05, 4.69) is 9.71 Å². The Morgan fingerprint density at radius 3 is 2.59 bits per heavy atom. The molecule has 0 atom stereocenters. The van der Waals surface area contributed by atoms with Gasteiger partial charge in [0, 0.05) is 6.20 Å². The number of carbonyl (C=O) groups is 1. The average molecular weight is 322 g/mol. The highest BCUT2D eigenvalue weighted by Crippen LogP contribution is 2.24. The third-order valence-corrected chi connectivity index (χ3v) is 4.00. The van der Waals surface area contributed by atoms with Crippen LogP contribution in [0.2, 0.25) is 0 Å². The van der Waals surface area contributed by atoms with Crippen molar-refractivity contribution in [3.63, 3.8) is 0 Å². The summed E-state index contributed by atoms with van der Waals surface area (Å²) in [5.74, 6) is -1.45. The molecular formula is C14H14N2O5S. The standard InChI is InChI=1S/C14H14N2O5S/c1-21-13-12(7-11(8-15-13)14(17)18)16-22(19,20)9-10-5-3-2-4-6-10/h2-8,16H,9H2,1H3,(H,17,18). The first-order valence-corrected chi connectivity index (χ1v) is 7.88. The highest BCUT2D eigenvalue weighted by molar-refractivity contribution is 7.91. The van der Waals surface area contributed by atoms with E-state index < -0.39 is 16.0 Å². The monoisotopic (exact) mass is 322 g/mol. The summed E-state index contributed by atoms with van der Waals surface area (Å²) in [5, 5.41) is 8.95. The zero-order valence-electron chi connectivity index (χ0n) is 11.7. The van der Waals surface area contributed by atoms with Gasteiger partial charge in [-0.05, 0) is 11.6 Å². The van der Waals surface area contributed by atoms with Gasteiger partial charge in [-0.15, -0.1) is 0 Å². The van der Waals surface area contributed by atoms with E-state index in [9.17, 15) is 13.2 Å². The Balaban J connectivity index is 2.28. The molecule has 0 aliphatic carbocycles. The van der Waals surface area contributed by atoms with E-state index in [-0.39, 0.29) is 22.9 Å². The summed E-state index contributed by atoms with van der Waals surface area (Å²) in [7, 11) is -2.41. The highest BCUT2D eigenvalue weighted by Gasteiger charge is 2.17. The van der Waals surface area contributed by atoms with Crippen molar-refractivity contribution in [2.45, 2.75) is 5.75 Å². The number of pyridine rings is 1. The van der Waals surface area contributed by atoms with Crippen LogP contribution in [0.3, 0.4) is 0 Å². The van der Waals surface area contributed by atoms with Gasteiger partial charge in [-0.25, -0.2) is 18.2 Å². The number of anilines is 1. The number of hydrogen-bond acceptors (Lipinski definition) is 5. The molecule has 2 aromatic rings. The van der Waals surface area contributed by atoms with Gasteiger partial charge in [-0.3, -0.25) is 4.72 Å². The lowest BCUT2D eigenvalue weighted by Gasteiger charge is -2.11. The zero-order valence-corrected chi connectivity index (χ0v) is 12.5. The van der Waals surface area contributed by atoms with Gasteiger partial charge in [0.15, 0.2) is 0 Å². The summed E-state index contributed by atoms with van der Waals surface area (Å²) >= 11 is 0. The molecule has 1 aromatic carbocycles. The summed E-state index contributed by atoms with van der Waals surface area (Å²) in [6.07, 6.45) is 1.09. The highest BCUT2D eigenvalue weighted by atomic mass is 32.2. The molecule has 0 fully saturated rings. The van der Waals surface area contributed by atoms with Crippen LogP contribution in [0.15, 0.2) is 42.6 Å². The lowest BCUT2D eigenvalue weighted by Crippen LogP contribution is -2.16. The average Bonchev–Trinajstić information content (AvgIpc) is 2.47. The number of sulfonamides is 1.